The maximum atomic E-state index is 14.1. The summed E-state index contributed by atoms with van der Waals surface area (Å²) >= 11 is 0. The van der Waals surface area contributed by atoms with Crippen molar-refractivity contribution in [3.63, 3.8) is 0 Å². The number of nitrogens with two attached hydrogens (primary N) is 1. The Bertz CT molecular complexity index is 1210. The first-order valence-electron chi connectivity index (χ1n) is 10.7. The molecular formula is C25H29FN2O4S. The lowest BCUT2D eigenvalue weighted by atomic mass is 9.93. The van der Waals surface area contributed by atoms with Gasteiger partial charge in [-0.2, -0.15) is 0 Å². The molecule has 3 aromatic rings. The summed E-state index contributed by atoms with van der Waals surface area (Å²) in [7, 11) is -1.75. The Hall–Kier alpha value is -3.13. The van der Waals surface area contributed by atoms with Crippen LogP contribution in [0.25, 0.3) is 0 Å². The molecule has 0 saturated heterocycles. The molecular weight excluding hydrogens is 443 g/mol. The molecule has 33 heavy (non-hydrogen) atoms. The van der Waals surface area contributed by atoms with Gasteiger partial charge in [0.25, 0.3) is 0 Å². The second kappa shape index (κ2) is 10.7. The van der Waals surface area contributed by atoms with E-state index in [9.17, 15) is 12.8 Å². The zero-order chi connectivity index (χ0) is 24.0. The van der Waals surface area contributed by atoms with E-state index < -0.39 is 15.8 Å². The number of halogens is 1. The minimum absolute atomic E-state index is 0.0798. The van der Waals surface area contributed by atoms with Crippen LogP contribution < -0.4 is 15.2 Å². The molecule has 8 heteroatoms. The SMILES string of the molecule is CCOc1cc([C@H](Cc2nccc(Cc3ccccc3F)c2N)CS(C)(=O)=O)ccc1OC. The number of rotatable bonds is 10. The number of hydrogen-bond donors (Lipinski definition) is 1. The van der Waals surface area contributed by atoms with E-state index in [2.05, 4.69) is 4.98 Å². The van der Waals surface area contributed by atoms with Crippen molar-refractivity contribution in [3.05, 3.63) is 82.9 Å². The third kappa shape index (κ3) is 6.44. The van der Waals surface area contributed by atoms with Gasteiger partial charge in [0.15, 0.2) is 11.5 Å². The highest BCUT2D eigenvalue weighted by Crippen LogP contribution is 2.34. The molecule has 0 fully saturated rings. The number of ether oxygens (including phenoxy) is 2. The number of benzene rings is 2. The first-order valence-corrected chi connectivity index (χ1v) is 12.7. The summed E-state index contributed by atoms with van der Waals surface area (Å²) in [6, 6.07) is 13.7. The predicted molar refractivity (Wildman–Crippen MR) is 128 cm³/mol. The van der Waals surface area contributed by atoms with E-state index in [-0.39, 0.29) is 11.6 Å². The Balaban J connectivity index is 1.96. The Labute approximate surface area is 194 Å². The third-order valence-electron chi connectivity index (χ3n) is 5.40. The lowest BCUT2D eigenvalue weighted by Gasteiger charge is -2.20. The molecule has 0 amide bonds. The molecule has 0 aliphatic rings. The maximum Gasteiger partial charge on any atom is 0.161 e. The monoisotopic (exact) mass is 472 g/mol. The number of hydrogen-bond acceptors (Lipinski definition) is 6. The molecule has 1 heterocycles. The van der Waals surface area contributed by atoms with Crippen LogP contribution in [0.1, 0.15) is 35.2 Å². The van der Waals surface area contributed by atoms with E-state index in [4.69, 9.17) is 15.2 Å². The van der Waals surface area contributed by atoms with Crippen LogP contribution in [-0.2, 0) is 22.7 Å². The summed E-state index contributed by atoms with van der Waals surface area (Å²) in [5.41, 5.74) is 9.49. The summed E-state index contributed by atoms with van der Waals surface area (Å²) in [5.74, 6) is 0.341. The Morgan fingerprint density at radius 1 is 1.09 bits per heavy atom. The molecule has 1 aromatic heterocycles. The molecule has 0 unspecified atom stereocenters. The number of sulfone groups is 1. The standard InChI is InChI=1S/C25H29FN2O4S/c1-4-32-24-15-17(9-10-23(24)31-2)20(16-33(3,29)30)14-22-25(27)19(11-12-28-22)13-18-7-5-6-8-21(18)26/h5-12,15,20H,4,13-14,16,27H2,1-3H3/t20-/m1/s1. The second-order valence-corrected chi connectivity index (χ2v) is 10.1. The van der Waals surface area contributed by atoms with E-state index in [0.29, 0.717) is 47.9 Å². The van der Waals surface area contributed by atoms with Gasteiger partial charge in [0.1, 0.15) is 15.7 Å². The van der Waals surface area contributed by atoms with Crippen LogP contribution in [0.15, 0.2) is 54.7 Å². The fourth-order valence-corrected chi connectivity index (χ4v) is 4.85. The largest absolute Gasteiger partial charge is 0.493 e. The summed E-state index contributed by atoms with van der Waals surface area (Å²) in [5, 5.41) is 0. The highest BCUT2D eigenvalue weighted by Gasteiger charge is 2.22. The number of nitrogen functional groups attached to an aromatic ring is 1. The fourth-order valence-electron chi connectivity index (χ4n) is 3.81. The normalized spacial score (nSPS) is 12.4. The van der Waals surface area contributed by atoms with Gasteiger partial charge in [-0.15, -0.1) is 0 Å². The van der Waals surface area contributed by atoms with Crippen LogP contribution in [0.4, 0.5) is 10.1 Å². The van der Waals surface area contributed by atoms with Gasteiger partial charge in [-0.1, -0.05) is 24.3 Å². The first kappa shape index (κ1) is 24.5. The van der Waals surface area contributed by atoms with E-state index >= 15 is 0 Å². The Morgan fingerprint density at radius 3 is 2.52 bits per heavy atom. The summed E-state index contributed by atoms with van der Waals surface area (Å²) in [6.45, 7) is 2.31. The van der Waals surface area contributed by atoms with Crippen LogP contribution in [0.3, 0.4) is 0 Å². The van der Waals surface area contributed by atoms with Crippen molar-refractivity contribution in [3.8, 4) is 11.5 Å². The molecule has 3 rings (SSSR count). The second-order valence-electron chi connectivity index (χ2n) is 7.94. The average Bonchev–Trinajstić information content (AvgIpc) is 2.76. The number of anilines is 1. The van der Waals surface area contributed by atoms with Gasteiger partial charge in [0, 0.05) is 24.8 Å². The maximum absolute atomic E-state index is 14.1. The van der Waals surface area contributed by atoms with Crippen molar-refractivity contribution in [1.82, 2.24) is 4.98 Å². The van der Waals surface area contributed by atoms with Crippen molar-refractivity contribution in [2.75, 3.05) is 31.5 Å². The zero-order valence-corrected chi connectivity index (χ0v) is 19.9. The summed E-state index contributed by atoms with van der Waals surface area (Å²) < 4.78 is 49.6. The molecule has 6 nitrogen and oxygen atoms in total. The zero-order valence-electron chi connectivity index (χ0n) is 19.0. The van der Waals surface area contributed by atoms with E-state index in [1.54, 1.807) is 49.7 Å². The van der Waals surface area contributed by atoms with Crippen molar-refractivity contribution < 1.29 is 22.3 Å². The lowest BCUT2D eigenvalue weighted by molar-refractivity contribution is 0.310. The van der Waals surface area contributed by atoms with Crippen LogP contribution in [0.5, 0.6) is 11.5 Å². The number of pyridine rings is 1. The molecule has 0 spiro atoms. The smallest absolute Gasteiger partial charge is 0.161 e. The minimum Gasteiger partial charge on any atom is -0.493 e. The fraction of sp³-hybridized carbons (Fsp3) is 0.320. The molecule has 2 N–H and O–H groups in total. The number of nitrogens with zero attached hydrogens (tertiary/aromatic N) is 1. The molecule has 0 saturated carbocycles. The predicted octanol–water partition coefficient (Wildman–Crippen LogP) is 4.17. The average molecular weight is 473 g/mol. The minimum atomic E-state index is -3.30. The first-order chi connectivity index (χ1) is 15.7. The van der Waals surface area contributed by atoms with Gasteiger partial charge >= 0.3 is 0 Å². The highest BCUT2D eigenvalue weighted by atomic mass is 32.2. The molecule has 0 aliphatic heterocycles. The van der Waals surface area contributed by atoms with Crippen LogP contribution in [0, 0.1) is 5.82 Å². The van der Waals surface area contributed by atoms with E-state index in [0.717, 1.165) is 11.1 Å². The van der Waals surface area contributed by atoms with Gasteiger partial charge in [-0.3, -0.25) is 4.98 Å². The molecule has 2 aromatic carbocycles. The van der Waals surface area contributed by atoms with Crippen LogP contribution >= 0.6 is 0 Å². The molecule has 0 radical (unpaired) electrons. The van der Waals surface area contributed by atoms with Crippen molar-refractivity contribution in [2.24, 2.45) is 0 Å². The Morgan fingerprint density at radius 2 is 1.85 bits per heavy atom. The summed E-state index contributed by atoms with van der Waals surface area (Å²) in [6.07, 6.45) is 3.46. The van der Waals surface area contributed by atoms with Crippen molar-refractivity contribution in [1.29, 1.82) is 0 Å². The summed E-state index contributed by atoms with van der Waals surface area (Å²) in [4.78, 5) is 4.42. The van der Waals surface area contributed by atoms with Crippen molar-refractivity contribution >= 4 is 15.5 Å². The van der Waals surface area contributed by atoms with Crippen LogP contribution in [-0.4, -0.2) is 39.1 Å². The molecule has 0 aliphatic carbocycles. The number of aromatic nitrogens is 1. The van der Waals surface area contributed by atoms with Gasteiger partial charge in [-0.25, -0.2) is 12.8 Å². The van der Waals surface area contributed by atoms with E-state index in [1.807, 2.05) is 13.0 Å². The highest BCUT2D eigenvalue weighted by molar-refractivity contribution is 7.90. The third-order valence-corrected chi connectivity index (χ3v) is 6.41. The van der Waals surface area contributed by atoms with Crippen LogP contribution in [0.2, 0.25) is 0 Å². The topological polar surface area (TPSA) is 91.5 Å². The van der Waals surface area contributed by atoms with Gasteiger partial charge < -0.3 is 15.2 Å². The molecule has 0 bridgehead atoms. The molecule has 1 atom stereocenters. The van der Waals surface area contributed by atoms with E-state index in [1.165, 1.54) is 12.3 Å². The lowest BCUT2D eigenvalue weighted by Crippen LogP contribution is -2.17. The van der Waals surface area contributed by atoms with Gasteiger partial charge in [-0.05, 0) is 54.3 Å². The van der Waals surface area contributed by atoms with Gasteiger partial charge in [0.05, 0.1) is 30.9 Å². The number of methoxy groups -OCH3 is 1. The molecule has 176 valence electrons. The van der Waals surface area contributed by atoms with Gasteiger partial charge in [0.2, 0.25) is 0 Å². The van der Waals surface area contributed by atoms with Crippen molar-refractivity contribution in [2.45, 2.75) is 25.7 Å². The quantitative estimate of drug-likeness (QED) is 0.476. The Kier molecular flexibility index (Phi) is 7.92.